The van der Waals surface area contributed by atoms with Crippen molar-refractivity contribution in [2.24, 2.45) is 5.41 Å². The number of benzene rings is 3. The van der Waals surface area contributed by atoms with Crippen LogP contribution in [0.15, 0.2) is 54.6 Å². The maximum absolute atomic E-state index is 14.7. The maximum Gasteiger partial charge on any atom is 0.335 e. The lowest BCUT2D eigenvalue weighted by Gasteiger charge is -2.35. The number of hydrogen-bond donors (Lipinski definition) is 1. The highest BCUT2D eigenvalue weighted by molar-refractivity contribution is 6.30. The number of rotatable bonds is 8. The number of piperidine rings is 1. The van der Waals surface area contributed by atoms with E-state index < -0.39 is 17.9 Å². The first-order valence-electron chi connectivity index (χ1n) is 15.0. The summed E-state index contributed by atoms with van der Waals surface area (Å²) in [5.74, 6) is 1.12. The van der Waals surface area contributed by atoms with Crippen LogP contribution in [0.25, 0.3) is 11.0 Å². The predicted molar refractivity (Wildman–Crippen MR) is 163 cm³/mol. The van der Waals surface area contributed by atoms with Crippen LogP contribution in [-0.4, -0.2) is 45.2 Å². The van der Waals surface area contributed by atoms with Gasteiger partial charge in [0.25, 0.3) is 0 Å². The number of nitriles is 1. The third-order valence-corrected chi connectivity index (χ3v) is 9.58. The minimum atomic E-state index is -0.969. The van der Waals surface area contributed by atoms with E-state index in [2.05, 4.69) is 21.6 Å². The van der Waals surface area contributed by atoms with E-state index in [0.717, 1.165) is 61.2 Å². The third kappa shape index (κ3) is 5.49. The van der Waals surface area contributed by atoms with E-state index in [9.17, 15) is 19.6 Å². The fourth-order valence-corrected chi connectivity index (χ4v) is 6.79. The van der Waals surface area contributed by atoms with Gasteiger partial charge in [-0.1, -0.05) is 29.8 Å². The molecule has 1 N–H and O–H groups in total. The molecule has 1 atom stereocenters. The number of likely N-dealkylation sites (tertiary alicyclic amines) is 1. The van der Waals surface area contributed by atoms with Gasteiger partial charge in [-0.15, -0.1) is 0 Å². The molecule has 3 aliphatic rings. The number of carboxylic acid groups (broad SMARTS) is 1. The molecule has 3 heterocycles. The number of para-hydroxylation sites is 1. The van der Waals surface area contributed by atoms with Crippen molar-refractivity contribution in [3.63, 3.8) is 0 Å². The molecule has 1 aliphatic carbocycles. The number of halogens is 2. The van der Waals surface area contributed by atoms with Gasteiger partial charge >= 0.3 is 5.97 Å². The summed E-state index contributed by atoms with van der Waals surface area (Å²) in [4.78, 5) is 19.0. The monoisotopic (exact) mass is 614 g/mol. The lowest BCUT2D eigenvalue weighted by molar-refractivity contribution is 0.0697. The van der Waals surface area contributed by atoms with Gasteiger partial charge in [0, 0.05) is 34.5 Å². The number of ether oxygens (including phenoxy) is 2. The molecule has 2 aliphatic heterocycles. The lowest BCUT2D eigenvalue weighted by atomic mass is 9.88. The molecule has 0 unspecified atom stereocenters. The molecule has 0 radical (unpaired) electrons. The fourth-order valence-electron chi connectivity index (χ4n) is 6.63. The van der Waals surface area contributed by atoms with E-state index in [1.807, 2.05) is 12.1 Å². The first-order chi connectivity index (χ1) is 21.3. The Morgan fingerprint density at radius 1 is 1.14 bits per heavy atom. The van der Waals surface area contributed by atoms with Gasteiger partial charge in [0.05, 0.1) is 29.2 Å². The van der Waals surface area contributed by atoms with E-state index in [0.29, 0.717) is 41.6 Å². The zero-order chi connectivity index (χ0) is 30.4. The second-order valence-electron chi connectivity index (χ2n) is 12.3. The second-order valence-corrected chi connectivity index (χ2v) is 12.7. The van der Waals surface area contributed by atoms with Crippen LogP contribution in [0.1, 0.15) is 71.4 Å². The van der Waals surface area contributed by atoms with E-state index in [4.69, 9.17) is 26.1 Å². The first-order valence-corrected chi connectivity index (χ1v) is 15.4. The number of carboxylic acids is 1. The SMILES string of the molecule is N#CCC1(Cn2c(CN3CCC(c4cccc5c4O[C@@H](c4ccc(Cl)cc4F)CO5)CC3)nc3ccc(C(=O)O)cc32)CC1. The molecular formula is C34H32ClFN4O4. The topological polar surface area (TPSA) is 101 Å². The van der Waals surface area contributed by atoms with E-state index in [1.165, 1.54) is 6.07 Å². The second kappa shape index (κ2) is 11.4. The summed E-state index contributed by atoms with van der Waals surface area (Å²) in [6, 6.07) is 18.0. The summed E-state index contributed by atoms with van der Waals surface area (Å²) in [6.07, 6.45) is 3.70. The van der Waals surface area contributed by atoms with Gasteiger partial charge in [-0.25, -0.2) is 14.2 Å². The normalized spacial score (nSPS) is 19.5. The summed E-state index contributed by atoms with van der Waals surface area (Å²) in [6.45, 7) is 3.21. The van der Waals surface area contributed by atoms with E-state index in [1.54, 1.807) is 30.3 Å². The van der Waals surface area contributed by atoms with Gasteiger partial charge in [-0.3, -0.25) is 4.90 Å². The van der Waals surface area contributed by atoms with Crippen molar-refractivity contribution in [2.45, 2.75) is 57.2 Å². The van der Waals surface area contributed by atoms with E-state index >= 15 is 0 Å². The molecule has 1 saturated carbocycles. The van der Waals surface area contributed by atoms with Crippen molar-refractivity contribution in [3.8, 4) is 17.6 Å². The molecule has 7 rings (SSSR count). The van der Waals surface area contributed by atoms with Gasteiger partial charge in [0.1, 0.15) is 18.2 Å². The van der Waals surface area contributed by atoms with Crippen LogP contribution in [-0.2, 0) is 13.1 Å². The Kier molecular flexibility index (Phi) is 7.43. The highest BCUT2D eigenvalue weighted by atomic mass is 35.5. The molecule has 3 aromatic carbocycles. The van der Waals surface area contributed by atoms with Crippen LogP contribution in [0.2, 0.25) is 5.02 Å². The molecule has 8 nitrogen and oxygen atoms in total. The van der Waals surface area contributed by atoms with Gasteiger partial charge in [0.2, 0.25) is 0 Å². The summed E-state index contributed by atoms with van der Waals surface area (Å²) in [5.41, 5.74) is 3.23. The summed E-state index contributed by atoms with van der Waals surface area (Å²) in [7, 11) is 0. The average Bonchev–Trinajstić information content (AvgIpc) is 3.70. The lowest BCUT2D eigenvalue weighted by Crippen LogP contribution is -2.34. The zero-order valence-electron chi connectivity index (χ0n) is 24.1. The zero-order valence-corrected chi connectivity index (χ0v) is 24.9. The number of aromatic nitrogens is 2. The predicted octanol–water partition coefficient (Wildman–Crippen LogP) is 7.11. The number of nitrogens with zero attached hydrogens (tertiary/aromatic N) is 4. The number of carbonyl (C=O) groups is 1. The van der Waals surface area contributed by atoms with Crippen molar-refractivity contribution in [1.29, 1.82) is 5.26 Å². The highest BCUT2D eigenvalue weighted by Crippen LogP contribution is 2.51. The van der Waals surface area contributed by atoms with Crippen molar-refractivity contribution < 1.29 is 23.8 Å². The molecule has 226 valence electrons. The molecule has 0 bridgehead atoms. The Morgan fingerprint density at radius 3 is 2.68 bits per heavy atom. The number of imidazole rings is 1. The molecule has 44 heavy (non-hydrogen) atoms. The fraction of sp³-hybridized carbons (Fsp3) is 0.382. The molecule has 0 amide bonds. The van der Waals surface area contributed by atoms with Crippen LogP contribution < -0.4 is 9.47 Å². The van der Waals surface area contributed by atoms with Gasteiger partial charge in [-0.2, -0.15) is 5.26 Å². The minimum absolute atomic E-state index is 0.0649. The van der Waals surface area contributed by atoms with Crippen LogP contribution >= 0.6 is 11.6 Å². The molecular weight excluding hydrogens is 583 g/mol. The van der Waals surface area contributed by atoms with Gasteiger partial charge in [0.15, 0.2) is 17.6 Å². The Balaban J connectivity index is 1.09. The Labute approximate surface area is 259 Å². The summed E-state index contributed by atoms with van der Waals surface area (Å²) >= 11 is 5.96. The largest absolute Gasteiger partial charge is 0.485 e. The molecule has 0 spiro atoms. The molecule has 2 fully saturated rings. The highest BCUT2D eigenvalue weighted by Gasteiger charge is 2.43. The molecule has 1 saturated heterocycles. The first kappa shape index (κ1) is 28.6. The average molecular weight is 615 g/mol. The number of fused-ring (bicyclic) bond motifs is 2. The maximum atomic E-state index is 14.7. The minimum Gasteiger partial charge on any atom is -0.485 e. The molecule has 4 aromatic rings. The van der Waals surface area contributed by atoms with Gasteiger partial charge in [-0.05, 0) is 81.1 Å². The Morgan fingerprint density at radius 2 is 1.95 bits per heavy atom. The number of aromatic carboxylic acids is 1. The Hall–Kier alpha value is -4.13. The van der Waals surface area contributed by atoms with Crippen molar-refractivity contribution >= 4 is 28.6 Å². The Bertz CT molecular complexity index is 1790. The van der Waals surface area contributed by atoms with E-state index in [-0.39, 0.29) is 23.5 Å². The standard InChI is InChI=1S/C34H32ClFN4O4/c35-23-5-6-25(26(36)17-23)30-19-43-29-3-1-2-24(32(29)44-30)21-8-14-39(15-9-21)18-31-38-27-7-4-22(33(41)42)16-28(27)40(31)20-34(10-11-34)12-13-37/h1-7,16-17,21,30H,8-12,14-15,18-20H2,(H,41,42)/t30-/m1/s1. The van der Waals surface area contributed by atoms with Crippen LogP contribution in [0.4, 0.5) is 4.39 Å². The van der Waals surface area contributed by atoms with Crippen molar-refractivity contribution in [1.82, 2.24) is 14.5 Å². The summed E-state index contributed by atoms with van der Waals surface area (Å²) in [5, 5.41) is 19.4. The van der Waals surface area contributed by atoms with Crippen LogP contribution in [0, 0.1) is 22.6 Å². The van der Waals surface area contributed by atoms with Crippen molar-refractivity contribution in [2.75, 3.05) is 19.7 Å². The number of hydrogen-bond acceptors (Lipinski definition) is 6. The molecule has 10 heteroatoms. The quantitative estimate of drug-likeness (QED) is 0.226. The van der Waals surface area contributed by atoms with Crippen LogP contribution in [0.3, 0.4) is 0 Å². The summed E-state index contributed by atoms with van der Waals surface area (Å²) < 4.78 is 29.3. The smallest absolute Gasteiger partial charge is 0.335 e. The van der Waals surface area contributed by atoms with Crippen LogP contribution in [0.5, 0.6) is 11.5 Å². The van der Waals surface area contributed by atoms with Gasteiger partial charge < -0.3 is 19.1 Å². The third-order valence-electron chi connectivity index (χ3n) is 9.34. The van der Waals surface area contributed by atoms with Crippen molar-refractivity contribution in [3.05, 3.63) is 88.0 Å². The molecule has 1 aromatic heterocycles.